The molecule has 0 radical (unpaired) electrons. The third-order valence-electron chi connectivity index (χ3n) is 3.52. The lowest BCUT2D eigenvalue weighted by Crippen LogP contribution is -2.20. The summed E-state index contributed by atoms with van der Waals surface area (Å²) >= 11 is 7.00. The fourth-order valence-electron chi connectivity index (χ4n) is 2.14. The van der Waals surface area contributed by atoms with Crippen molar-refractivity contribution in [3.63, 3.8) is 0 Å². The second-order valence-electron chi connectivity index (χ2n) is 5.30. The lowest BCUT2D eigenvalue weighted by atomic mass is 10.1. The highest BCUT2D eigenvalue weighted by atomic mass is 79.9. The predicted molar refractivity (Wildman–Crippen MR) is 99.1 cm³/mol. The van der Waals surface area contributed by atoms with Crippen LogP contribution in [0.2, 0.25) is 0 Å². The molecular weight excluding hydrogens is 444 g/mol. The quantitative estimate of drug-likeness (QED) is 0.552. The van der Waals surface area contributed by atoms with Crippen LogP contribution in [-0.4, -0.2) is 14.5 Å². The summed E-state index contributed by atoms with van der Waals surface area (Å²) < 4.78 is 32.2. The first-order valence-electron chi connectivity index (χ1n) is 7.26. The molecule has 0 aliphatic carbocycles. The predicted octanol–water partition coefficient (Wildman–Crippen LogP) is 5.25. The van der Waals surface area contributed by atoms with E-state index in [9.17, 15) is 8.42 Å². The van der Waals surface area contributed by atoms with E-state index in [4.69, 9.17) is 4.18 Å². The van der Waals surface area contributed by atoms with E-state index >= 15 is 0 Å². The monoisotopic (exact) mass is 460 g/mol. The highest BCUT2D eigenvalue weighted by Gasteiger charge is 2.22. The van der Waals surface area contributed by atoms with Gasteiger partial charge >= 0.3 is 0 Å². The van der Waals surface area contributed by atoms with E-state index in [0.717, 1.165) is 20.1 Å². The molecule has 0 unspecified atom stereocenters. The van der Waals surface area contributed by atoms with Crippen molar-refractivity contribution in [1.29, 1.82) is 0 Å². The van der Waals surface area contributed by atoms with Crippen molar-refractivity contribution in [3.05, 3.63) is 62.5 Å². The smallest absolute Gasteiger partial charge is 0.263 e. The molecule has 0 N–H and O–H groups in total. The summed E-state index contributed by atoms with van der Waals surface area (Å²) in [5, 5.41) is 0. The molecule has 0 aliphatic rings. The number of hydrogen-bond acceptors (Lipinski definition) is 3. The standard InChI is InChI=1S/C17H18Br2O3S/c1-3-13(11-15-16(18)5-4-6-17(15)19)22-23(20,21)14-9-7-12(2)8-10-14/h4-10,13H,3,11H2,1-2H3/t13-/m1/s1. The van der Waals surface area contributed by atoms with Crippen LogP contribution in [0.4, 0.5) is 0 Å². The maximum Gasteiger partial charge on any atom is 0.297 e. The molecule has 1 atom stereocenters. The van der Waals surface area contributed by atoms with Crippen LogP contribution in [0.25, 0.3) is 0 Å². The zero-order valence-electron chi connectivity index (χ0n) is 12.9. The van der Waals surface area contributed by atoms with Gasteiger partial charge in [0.05, 0.1) is 11.0 Å². The second kappa shape index (κ2) is 7.92. The zero-order chi connectivity index (χ0) is 17.0. The van der Waals surface area contributed by atoms with Crippen molar-refractivity contribution in [1.82, 2.24) is 0 Å². The summed E-state index contributed by atoms with van der Waals surface area (Å²) in [6.45, 7) is 3.83. The van der Waals surface area contributed by atoms with E-state index in [1.165, 1.54) is 0 Å². The summed E-state index contributed by atoms with van der Waals surface area (Å²) in [5.41, 5.74) is 2.01. The largest absolute Gasteiger partial charge is 0.297 e. The lowest BCUT2D eigenvalue weighted by molar-refractivity contribution is 0.204. The Morgan fingerprint density at radius 1 is 1.04 bits per heavy atom. The van der Waals surface area contributed by atoms with E-state index in [0.29, 0.717) is 12.8 Å². The molecule has 0 aliphatic heterocycles. The molecule has 124 valence electrons. The van der Waals surface area contributed by atoms with Crippen LogP contribution >= 0.6 is 31.9 Å². The molecule has 2 rings (SSSR count). The molecule has 0 amide bonds. The molecule has 2 aromatic rings. The van der Waals surface area contributed by atoms with Crippen LogP contribution in [-0.2, 0) is 20.7 Å². The maximum atomic E-state index is 12.4. The minimum atomic E-state index is -3.76. The average Bonchev–Trinajstić information content (AvgIpc) is 2.50. The van der Waals surface area contributed by atoms with Crippen molar-refractivity contribution in [2.24, 2.45) is 0 Å². The minimum absolute atomic E-state index is 0.188. The SMILES string of the molecule is CC[C@H](Cc1c(Br)cccc1Br)OS(=O)(=O)c1ccc(C)cc1. The highest BCUT2D eigenvalue weighted by molar-refractivity contribution is 9.11. The first-order chi connectivity index (χ1) is 10.8. The van der Waals surface area contributed by atoms with Gasteiger partial charge in [-0.3, -0.25) is 4.18 Å². The van der Waals surface area contributed by atoms with Crippen molar-refractivity contribution in [3.8, 4) is 0 Å². The number of benzene rings is 2. The topological polar surface area (TPSA) is 43.4 Å². The van der Waals surface area contributed by atoms with Crippen molar-refractivity contribution < 1.29 is 12.6 Å². The molecule has 0 heterocycles. The van der Waals surface area contributed by atoms with Gasteiger partial charge in [-0.2, -0.15) is 8.42 Å². The van der Waals surface area contributed by atoms with Crippen LogP contribution in [0.3, 0.4) is 0 Å². The van der Waals surface area contributed by atoms with Gasteiger partial charge in [0.1, 0.15) is 0 Å². The van der Waals surface area contributed by atoms with Gasteiger partial charge in [-0.25, -0.2) is 0 Å². The van der Waals surface area contributed by atoms with Crippen LogP contribution in [0.15, 0.2) is 56.3 Å². The fraction of sp³-hybridized carbons (Fsp3) is 0.294. The van der Waals surface area contributed by atoms with Crippen molar-refractivity contribution in [2.45, 2.75) is 37.7 Å². The summed E-state index contributed by atoms with van der Waals surface area (Å²) in [4.78, 5) is 0.188. The Kier molecular flexibility index (Phi) is 6.42. The van der Waals surface area contributed by atoms with Gasteiger partial charge in [-0.1, -0.05) is 62.5 Å². The van der Waals surface area contributed by atoms with Gasteiger partial charge in [0, 0.05) is 15.4 Å². The number of halogens is 2. The van der Waals surface area contributed by atoms with Gasteiger partial charge < -0.3 is 0 Å². The van der Waals surface area contributed by atoms with E-state index in [-0.39, 0.29) is 4.90 Å². The minimum Gasteiger partial charge on any atom is -0.263 e. The Bertz CT molecular complexity index is 751. The van der Waals surface area contributed by atoms with Gasteiger partial charge in [0.15, 0.2) is 0 Å². The number of hydrogen-bond donors (Lipinski definition) is 0. The van der Waals surface area contributed by atoms with Gasteiger partial charge in [-0.05, 0) is 43.2 Å². The van der Waals surface area contributed by atoms with Crippen LogP contribution in [0.5, 0.6) is 0 Å². The van der Waals surface area contributed by atoms with Gasteiger partial charge in [0.2, 0.25) is 0 Å². The first kappa shape index (κ1) is 18.6. The first-order valence-corrected chi connectivity index (χ1v) is 10.3. The normalized spacial score (nSPS) is 13.0. The highest BCUT2D eigenvalue weighted by Crippen LogP contribution is 2.28. The van der Waals surface area contributed by atoms with Crippen molar-refractivity contribution in [2.75, 3.05) is 0 Å². The van der Waals surface area contributed by atoms with E-state index < -0.39 is 16.2 Å². The Morgan fingerprint density at radius 2 is 1.61 bits per heavy atom. The second-order valence-corrected chi connectivity index (χ2v) is 8.58. The molecular formula is C17H18Br2O3S. The van der Waals surface area contributed by atoms with Crippen LogP contribution < -0.4 is 0 Å². The number of rotatable bonds is 6. The fourth-order valence-corrected chi connectivity index (χ4v) is 4.61. The average molecular weight is 462 g/mol. The molecule has 0 fully saturated rings. The molecule has 0 saturated carbocycles. The molecule has 6 heteroatoms. The van der Waals surface area contributed by atoms with Gasteiger partial charge in [-0.15, -0.1) is 0 Å². The molecule has 0 saturated heterocycles. The molecule has 0 aromatic heterocycles. The number of aryl methyl sites for hydroxylation is 1. The summed E-state index contributed by atoms with van der Waals surface area (Å²) in [5.74, 6) is 0. The molecule has 23 heavy (non-hydrogen) atoms. The molecule has 2 aromatic carbocycles. The Hall–Kier alpha value is -0.690. The Balaban J connectivity index is 2.20. The van der Waals surface area contributed by atoms with Crippen LogP contribution in [0, 0.1) is 6.92 Å². The third-order valence-corrected chi connectivity index (χ3v) is 6.38. The molecule has 0 bridgehead atoms. The third kappa shape index (κ3) is 4.89. The van der Waals surface area contributed by atoms with Crippen molar-refractivity contribution >= 4 is 42.0 Å². The Labute approximate surface area is 154 Å². The lowest BCUT2D eigenvalue weighted by Gasteiger charge is -2.18. The van der Waals surface area contributed by atoms with E-state index in [1.807, 2.05) is 32.0 Å². The Morgan fingerprint density at radius 3 is 2.13 bits per heavy atom. The maximum absolute atomic E-state index is 12.4. The molecule has 0 spiro atoms. The molecule has 3 nitrogen and oxygen atoms in total. The van der Waals surface area contributed by atoms with E-state index in [2.05, 4.69) is 31.9 Å². The summed E-state index contributed by atoms with van der Waals surface area (Å²) in [6.07, 6.45) is 0.680. The summed E-state index contributed by atoms with van der Waals surface area (Å²) in [6, 6.07) is 12.5. The summed E-state index contributed by atoms with van der Waals surface area (Å²) in [7, 11) is -3.76. The van der Waals surface area contributed by atoms with Gasteiger partial charge in [0.25, 0.3) is 10.1 Å². The zero-order valence-corrected chi connectivity index (χ0v) is 16.9. The van der Waals surface area contributed by atoms with Crippen LogP contribution in [0.1, 0.15) is 24.5 Å². The van der Waals surface area contributed by atoms with E-state index in [1.54, 1.807) is 24.3 Å².